The quantitative estimate of drug-likeness (QED) is 0.584. The number of rotatable bonds is 1. The van der Waals surface area contributed by atoms with E-state index in [1.54, 1.807) is 0 Å². The molecule has 1 aliphatic carbocycles. The number of benzene rings is 1. The van der Waals surface area contributed by atoms with Gasteiger partial charge in [0.05, 0.1) is 0 Å². The standard InChI is InChI=1S/C12H11/c1-3-7-11(8-4-1)12-9-5-2-6-10-12/h1-5,7-10H,6H2. The normalized spacial score (nSPS) is 15.8. The summed E-state index contributed by atoms with van der Waals surface area (Å²) in [5, 5.41) is 0. The second-order valence-corrected chi connectivity index (χ2v) is 2.86. The molecule has 0 fully saturated rings. The van der Waals surface area contributed by atoms with Gasteiger partial charge in [0.1, 0.15) is 0 Å². The van der Waals surface area contributed by atoms with Crippen molar-refractivity contribution in [3.63, 3.8) is 0 Å². The smallest absolute Gasteiger partial charge is 0.0129 e. The van der Waals surface area contributed by atoms with Crippen molar-refractivity contribution in [1.82, 2.24) is 0 Å². The molecule has 1 aromatic rings. The van der Waals surface area contributed by atoms with Gasteiger partial charge in [-0.1, -0.05) is 48.6 Å². The first-order valence-corrected chi connectivity index (χ1v) is 4.22. The molecule has 0 heteroatoms. The Morgan fingerprint density at radius 1 is 1.00 bits per heavy atom. The zero-order chi connectivity index (χ0) is 8.23. The van der Waals surface area contributed by atoms with Gasteiger partial charge in [-0.3, -0.25) is 0 Å². The van der Waals surface area contributed by atoms with Gasteiger partial charge in [-0.2, -0.15) is 0 Å². The van der Waals surface area contributed by atoms with Crippen LogP contribution in [0.5, 0.6) is 0 Å². The van der Waals surface area contributed by atoms with E-state index in [0.29, 0.717) is 0 Å². The molecule has 1 radical (unpaired) electrons. The molecule has 0 N–H and O–H groups in total. The van der Waals surface area contributed by atoms with Gasteiger partial charge in [-0.15, -0.1) is 0 Å². The van der Waals surface area contributed by atoms with Gasteiger partial charge in [-0.25, -0.2) is 0 Å². The van der Waals surface area contributed by atoms with Crippen LogP contribution in [0.15, 0.2) is 48.6 Å². The van der Waals surface area contributed by atoms with Crippen molar-refractivity contribution >= 4 is 5.57 Å². The Balaban J connectivity index is 2.31. The Bertz CT molecular complexity index is 304. The molecule has 0 aliphatic heterocycles. The molecular weight excluding hydrogens is 144 g/mol. The van der Waals surface area contributed by atoms with Gasteiger partial charge >= 0.3 is 0 Å². The van der Waals surface area contributed by atoms with E-state index in [1.165, 1.54) is 11.1 Å². The molecule has 0 atom stereocenters. The van der Waals surface area contributed by atoms with E-state index in [1.807, 2.05) is 6.07 Å². The molecule has 0 spiro atoms. The summed E-state index contributed by atoms with van der Waals surface area (Å²) in [6.45, 7) is 0. The highest BCUT2D eigenvalue weighted by atomic mass is 14.0. The molecule has 0 aromatic heterocycles. The lowest BCUT2D eigenvalue weighted by molar-refractivity contribution is 1.27. The van der Waals surface area contributed by atoms with Crippen molar-refractivity contribution in [3.8, 4) is 0 Å². The number of hydrogen-bond acceptors (Lipinski definition) is 0. The first-order chi connectivity index (χ1) is 5.97. The van der Waals surface area contributed by atoms with Crippen LogP contribution in [-0.4, -0.2) is 0 Å². The van der Waals surface area contributed by atoms with Gasteiger partial charge in [0.25, 0.3) is 0 Å². The van der Waals surface area contributed by atoms with Gasteiger partial charge in [0, 0.05) is 0 Å². The van der Waals surface area contributed by atoms with E-state index in [4.69, 9.17) is 0 Å². The summed E-state index contributed by atoms with van der Waals surface area (Å²) >= 11 is 0. The molecule has 0 saturated carbocycles. The topological polar surface area (TPSA) is 0 Å². The summed E-state index contributed by atoms with van der Waals surface area (Å²) in [4.78, 5) is 0. The third kappa shape index (κ3) is 1.48. The average molecular weight is 155 g/mol. The van der Waals surface area contributed by atoms with Crippen molar-refractivity contribution in [1.29, 1.82) is 0 Å². The monoisotopic (exact) mass is 155 g/mol. The molecule has 12 heavy (non-hydrogen) atoms. The van der Waals surface area contributed by atoms with E-state index in [2.05, 4.69) is 48.9 Å². The fraction of sp³-hybridized carbons (Fsp3) is 0.0833. The van der Waals surface area contributed by atoms with Crippen LogP contribution in [0, 0.1) is 6.42 Å². The lowest BCUT2D eigenvalue weighted by atomic mass is 10.00. The lowest BCUT2D eigenvalue weighted by Crippen LogP contribution is -1.84. The highest BCUT2D eigenvalue weighted by Crippen LogP contribution is 2.19. The summed E-state index contributed by atoms with van der Waals surface area (Å²) < 4.78 is 0. The molecule has 2 rings (SSSR count). The zero-order valence-corrected chi connectivity index (χ0v) is 6.90. The summed E-state index contributed by atoms with van der Waals surface area (Å²) in [7, 11) is 0. The van der Waals surface area contributed by atoms with Crippen molar-refractivity contribution in [3.05, 3.63) is 60.5 Å². The van der Waals surface area contributed by atoms with Crippen LogP contribution in [0.2, 0.25) is 0 Å². The first kappa shape index (κ1) is 7.35. The molecule has 0 amide bonds. The first-order valence-electron chi connectivity index (χ1n) is 4.22. The van der Waals surface area contributed by atoms with Crippen LogP contribution in [-0.2, 0) is 0 Å². The largest absolute Gasteiger partial charge is 0.0799 e. The third-order valence-electron chi connectivity index (χ3n) is 1.99. The van der Waals surface area contributed by atoms with Crippen LogP contribution in [0.4, 0.5) is 0 Å². The third-order valence-corrected chi connectivity index (χ3v) is 1.99. The van der Waals surface area contributed by atoms with E-state index < -0.39 is 0 Å². The Kier molecular flexibility index (Phi) is 2.08. The predicted octanol–water partition coefficient (Wildman–Crippen LogP) is 3.23. The van der Waals surface area contributed by atoms with Gasteiger partial charge in [0.2, 0.25) is 0 Å². The van der Waals surface area contributed by atoms with Crippen molar-refractivity contribution in [2.45, 2.75) is 6.42 Å². The molecule has 0 heterocycles. The fourth-order valence-electron chi connectivity index (χ4n) is 1.36. The van der Waals surface area contributed by atoms with E-state index in [9.17, 15) is 0 Å². The molecular formula is C12H11. The molecule has 1 aliphatic rings. The maximum atomic E-state index is 2.25. The maximum Gasteiger partial charge on any atom is -0.0129 e. The van der Waals surface area contributed by atoms with E-state index >= 15 is 0 Å². The highest BCUT2D eigenvalue weighted by molar-refractivity contribution is 5.75. The Hall–Kier alpha value is -1.30. The van der Waals surface area contributed by atoms with Crippen LogP contribution >= 0.6 is 0 Å². The fourth-order valence-corrected chi connectivity index (χ4v) is 1.36. The molecule has 1 aromatic carbocycles. The number of allylic oxidation sites excluding steroid dienone is 4. The van der Waals surface area contributed by atoms with Crippen molar-refractivity contribution in [2.24, 2.45) is 0 Å². The summed E-state index contributed by atoms with van der Waals surface area (Å²) in [6, 6.07) is 10.5. The Morgan fingerprint density at radius 2 is 1.83 bits per heavy atom. The molecule has 59 valence electrons. The molecule has 0 saturated heterocycles. The minimum Gasteiger partial charge on any atom is -0.0799 e. The Labute approximate surface area is 73.2 Å². The molecule has 0 nitrogen and oxygen atoms in total. The summed E-state index contributed by atoms with van der Waals surface area (Å²) in [5.41, 5.74) is 2.64. The summed E-state index contributed by atoms with van der Waals surface area (Å²) in [6.07, 6.45) is 9.73. The minimum atomic E-state index is 1.06. The van der Waals surface area contributed by atoms with Gasteiger partial charge < -0.3 is 0 Å². The second-order valence-electron chi connectivity index (χ2n) is 2.86. The van der Waals surface area contributed by atoms with Crippen LogP contribution < -0.4 is 0 Å². The van der Waals surface area contributed by atoms with Crippen molar-refractivity contribution < 1.29 is 0 Å². The lowest BCUT2D eigenvalue weighted by Gasteiger charge is -2.05. The van der Waals surface area contributed by atoms with Crippen LogP contribution in [0.3, 0.4) is 0 Å². The summed E-state index contributed by atoms with van der Waals surface area (Å²) in [5.74, 6) is 0. The van der Waals surface area contributed by atoms with E-state index in [0.717, 1.165) is 6.42 Å². The number of hydrogen-bond donors (Lipinski definition) is 0. The Morgan fingerprint density at radius 3 is 2.50 bits per heavy atom. The SMILES string of the molecule is [CH]1C=CC(c2ccccc2)=CC1. The average Bonchev–Trinajstić information content (AvgIpc) is 2.21. The minimum absolute atomic E-state index is 1.06. The van der Waals surface area contributed by atoms with Crippen LogP contribution in [0.1, 0.15) is 12.0 Å². The predicted molar refractivity (Wildman–Crippen MR) is 52.5 cm³/mol. The molecule has 0 bridgehead atoms. The zero-order valence-electron chi connectivity index (χ0n) is 6.90. The maximum absolute atomic E-state index is 2.25. The second kappa shape index (κ2) is 3.40. The van der Waals surface area contributed by atoms with Gasteiger partial charge in [0.15, 0.2) is 0 Å². The highest BCUT2D eigenvalue weighted by Gasteiger charge is 1.98. The molecule has 0 unspecified atom stereocenters. The van der Waals surface area contributed by atoms with Crippen LogP contribution in [0.25, 0.3) is 5.57 Å². The van der Waals surface area contributed by atoms with E-state index in [-0.39, 0.29) is 0 Å². The van der Waals surface area contributed by atoms with Gasteiger partial charge in [-0.05, 0) is 24.0 Å². The van der Waals surface area contributed by atoms with Crippen molar-refractivity contribution in [2.75, 3.05) is 0 Å².